The minimum absolute atomic E-state index is 0.0957. The molecule has 3 rings (SSSR count). The highest BCUT2D eigenvalue weighted by molar-refractivity contribution is 6.76. The minimum Gasteiger partial charge on any atom is -0.344 e. The Morgan fingerprint density at radius 1 is 1.08 bits per heavy atom. The summed E-state index contributed by atoms with van der Waals surface area (Å²) < 4.78 is 31.2. The van der Waals surface area contributed by atoms with Crippen LogP contribution in [0.15, 0.2) is 60.8 Å². The van der Waals surface area contributed by atoms with Crippen molar-refractivity contribution >= 4 is 25.6 Å². The summed E-state index contributed by atoms with van der Waals surface area (Å²) in [6.45, 7) is 18.0. The maximum absolute atomic E-state index is 14.9. The van der Waals surface area contributed by atoms with Crippen molar-refractivity contribution in [1.29, 1.82) is 0 Å². The van der Waals surface area contributed by atoms with Crippen LogP contribution in [0.1, 0.15) is 50.9 Å². The van der Waals surface area contributed by atoms with E-state index in [9.17, 15) is 13.6 Å². The second kappa shape index (κ2) is 12.8. The van der Waals surface area contributed by atoms with E-state index in [-0.39, 0.29) is 29.4 Å². The van der Waals surface area contributed by atoms with Gasteiger partial charge in [-0.3, -0.25) is 4.79 Å². The van der Waals surface area contributed by atoms with Gasteiger partial charge in [0.2, 0.25) is 5.91 Å². The van der Waals surface area contributed by atoms with Crippen molar-refractivity contribution in [3.05, 3.63) is 90.6 Å². The molecule has 1 amide bonds. The number of halogens is 3. The summed E-state index contributed by atoms with van der Waals surface area (Å²) in [6, 6.07) is 16.0. The molecule has 2 aromatic carbocycles. The van der Waals surface area contributed by atoms with Crippen LogP contribution in [0.25, 0.3) is 11.1 Å². The lowest BCUT2D eigenvalue weighted by Crippen LogP contribution is -2.48. The smallest absolute Gasteiger partial charge is 0.238 e. The fraction of sp³-hybridized carbons (Fsp3) is 0.438. The molecule has 1 heterocycles. The Kier molecular flexibility index (Phi) is 10.2. The third kappa shape index (κ3) is 8.04. The topological polar surface area (TPSA) is 25.2 Å². The van der Waals surface area contributed by atoms with E-state index < -0.39 is 25.1 Å². The number of carbonyl (C=O) groups is 1. The second-order valence-electron chi connectivity index (χ2n) is 12.6. The third-order valence-electron chi connectivity index (χ3n) is 7.10. The van der Waals surface area contributed by atoms with E-state index in [0.29, 0.717) is 18.5 Å². The van der Waals surface area contributed by atoms with Crippen molar-refractivity contribution in [1.82, 2.24) is 9.47 Å². The first-order valence-electron chi connectivity index (χ1n) is 13.6. The number of hydrogen-bond acceptors (Lipinski definition) is 1. The number of alkyl halides is 1. The van der Waals surface area contributed by atoms with Gasteiger partial charge in [0.25, 0.3) is 0 Å². The van der Waals surface area contributed by atoms with Crippen molar-refractivity contribution in [2.75, 3.05) is 5.88 Å². The van der Waals surface area contributed by atoms with Gasteiger partial charge in [0.15, 0.2) is 0 Å². The van der Waals surface area contributed by atoms with E-state index >= 15 is 0 Å². The van der Waals surface area contributed by atoms with Gasteiger partial charge in [-0.05, 0) is 48.1 Å². The van der Waals surface area contributed by atoms with Crippen molar-refractivity contribution in [3.63, 3.8) is 0 Å². The van der Waals surface area contributed by atoms with Crippen LogP contribution in [0.4, 0.5) is 8.78 Å². The quantitative estimate of drug-likeness (QED) is 0.166. The zero-order valence-corrected chi connectivity index (χ0v) is 25.9. The maximum atomic E-state index is 14.9. The molecule has 3 aromatic rings. The molecule has 7 heteroatoms. The molecule has 0 saturated carbocycles. The summed E-state index contributed by atoms with van der Waals surface area (Å²) in [6.07, 6.45) is 3.27. The number of aromatic nitrogens is 1. The molecule has 0 N–H and O–H groups in total. The number of carbonyl (C=O) groups excluding carboxylic acids is 1. The average Bonchev–Trinajstić information content (AvgIpc) is 3.26. The SMILES string of the molecule is [CH2]CC(CC[Si](C)(C)C)N(C(=O)CCl)[C@@H](c1cc(-c2cc(F)ccc2F)cn1Cc1ccccc1)C(C)(C)C. The molecule has 0 saturated heterocycles. The Balaban J connectivity index is 2.24. The van der Waals surface area contributed by atoms with E-state index in [2.05, 4.69) is 51.9 Å². The Morgan fingerprint density at radius 2 is 1.74 bits per heavy atom. The minimum atomic E-state index is -1.38. The summed E-state index contributed by atoms with van der Waals surface area (Å²) in [5.74, 6) is -1.28. The number of rotatable bonds is 11. The standard InChI is InChI=1S/C32H42ClF2N2OSi/c1-8-26(16-17-39(5,6)7)37(30(38)20-33)31(32(2,3)4)29-18-24(27-19-25(34)14-15-28(27)35)22-36(29)21-23-12-10-9-11-13-23/h9-15,18-19,22,26,31H,1,8,16-17,20-21H2,2-7H3/t26?,31-/m0/s1. The van der Waals surface area contributed by atoms with Crippen molar-refractivity contribution in [3.8, 4) is 11.1 Å². The molecule has 0 spiro atoms. The molecule has 3 nitrogen and oxygen atoms in total. The summed E-state index contributed by atoms with van der Waals surface area (Å²) >= 11 is 6.23. The van der Waals surface area contributed by atoms with E-state index in [1.54, 1.807) is 0 Å². The molecule has 2 atom stereocenters. The predicted octanol–water partition coefficient (Wildman–Crippen LogP) is 8.96. The fourth-order valence-electron chi connectivity index (χ4n) is 5.19. The summed E-state index contributed by atoms with van der Waals surface area (Å²) in [5.41, 5.74) is 2.29. The number of amides is 1. The van der Waals surface area contributed by atoms with Crippen molar-refractivity contribution in [2.45, 2.75) is 77.9 Å². The van der Waals surface area contributed by atoms with Gasteiger partial charge in [-0.2, -0.15) is 0 Å². The monoisotopic (exact) mass is 571 g/mol. The van der Waals surface area contributed by atoms with Gasteiger partial charge in [-0.25, -0.2) is 8.78 Å². The first-order chi connectivity index (χ1) is 18.2. The molecule has 1 aromatic heterocycles. The molecule has 211 valence electrons. The fourth-order valence-corrected chi connectivity index (χ4v) is 6.53. The highest BCUT2D eigenvalue weighted by Gasteiger charge is 2.40. The predicted molar refractivity (Wildman–Crippen MR) is 162 cm³/mol. The van der Waals surface area contributed by atoms with Gasteiger partial charge in [0, 0.05) is 43.7 Å². The van der Waals surface area contributed by atoms with Gasteiger partial charge in [-0.1, -0.05) is 83.7 Å². The normalized spacial score (nSPS) is 13.8. The zero-order valence-electron chi connectivity index (χ0n) is 24.1. The van der Waals surface area contributed by atoms with Gasteiger partial charge < -0.3 is 9.47 Å². The van der Waals surface area contributed by atoms with Gasteiger partial charge >= 0.3 is 0 Å². The molecule has 39 heavy (non-hydrogen) atoms. The first kappa shape index (κ1) is 31.1. The molecule has 0 fully saturated rings. The third-order valence-corrected chi connectivity index (χ3v) is 9.12. The Labute approximate surface area is 239 Å². The lowest BCUT2D eigenvalue weighted by molar-refractivity contribution is -0.137. The summed E-state index contributed by atoms with van der Waals surface area (Å²) in [4.78, 5) is 15.5. The van der Waals surface area contributed by atoms with E-state index in [4.69, 9.17) is 11.6 Å². The zero-order chi connectivity index (χ0) is 29.0. The highest BCUT2D eigenvalue weighted by Crippen LogP contribution is 2.43. The molecule has 0 bridgehead atoms. The van der Waals surface area contributed by atoms with Gasteiger partial charge in [0.05, 0.1) is 6.04 Å². The van der Waals surface area contributed by atoms with Crippen LogP contribution in [-0.2, 0) is 11.3 Å². The molecule has 0 aliphatic rings. The first-order valence-corrected chi connectivity index (χ1v) is 17.8. The van der Waals surface area contributed by atoms with Gasteiger partial charge in [-0.15, -0.1) is 11.6 Å². The van der Waals surface area contributed by atoms with Crippen LogP contribution in [0, 0.1) is 24.0 Å². The Hall–Kier alpha value is -2.44. The van der Waals surface area contributed by atoms with E-state index in [1.807, 2.05) is 47.5 Å². The molecule has 1 radical (unpaired) electrons. The second-order valence-corrected chi connectivity index (χ2v) is 18.5. The van der Waals surface area contributed by atoms with Crippen LogP contribution in [0.5, 0.6) is 0 Å². The Bertz CT molecular complexity index is 1250. The van der Waals surface area contributed by atoms with Gasteiger partial charge in [0.1, 0.15) is 17.5 Å². The van der Waals surface area contributed by atoms with Crippen LogP contribution in [0.2, 0.25) is 25.7 Å². The van der Waals surface area contributed by atoms with Crippen molar-refractivity contribution < 1.29 is 13.6 Å². The lowest BCUT2D eigenvalue weighted by Gasteiger charge is -2.45. The van der Waals surface area contributed by atoms with Crippen molar-refractivity contribution in [2.24, 2.45) is 5.41 Å². The molecule has 0 aliphatic heterocycles. The molecule has 0 aliphatic carbocycles. The molecular weight excluding hydrogens is 530 g/mol. The molecule has 1 unspecified atom stereocenters. The number of nitrogens with zero attached hydrogens (tertiary/aromatic N) is 2. The van der Waals surface area contributed by atoms with Crippen LogP contribution >= 0.6 is 11.6 Å². The number of hydrogen-bond donors (Lipinski definition) is 0. The Morgan fingerprint density at radius 3 is 2.31 bits per heavy atom. The lowest BCUT2D eigenvalue weighted by atomic mass is 9.82. The molecular formula is C32H42ClF2N2OSi. The average molecular weight is 572 g/mol. The largest absolute Gasteiger partial charge is 0.344 e. The highest BCUT2D eigenvalue weighted by atomic mass is 35.5. The summed E-state index contributed by atoms with van der Waals surface area (Å²) in [7, 11) is -1.38. The van der Waals surface area contributed by atoms with Crippen LogP contribution < -0.4 is 0 Å². The van der Waals surface area contributed by atoms with Crippen LogP contribution in [-0.4, -0.2) is 35.4 Å². The van der Waals surface area contributed by atoms with Crippen LogP contribution in [0.3, 0.4) is 0 Å². The summed E-state index contributed by atoms with van der Waals surface area (Å²) in [5, 5.41) is 0. The number of benzene rings is 2. The van der Waals surface area contributed by atoms with E-state index in [1.165, 1.54) is 6.07 Å². The van der Waals surface area contributed by atoms with E-state index in [0.717, 1.165) is 35.9 Å². The maximum Gasteiger partial charge on any atom is 0.238 e.